The Bertz CT molecular complexity index is 675. The number of esters is 2. The summed E-state index contributed by atoms with van der Waals surface area (Å²) in [4.78, 5) is 34.1. The van der Waals surface area contributed by atoms with Crippen molar-refractivity contribution in [3.8, 4) is 5.75 Å². The van der Waals surface area contributed by atoms with Crippen LogP contribution in [-0.4, -0.2) is 37.2 Å². The highest BCUT2D eigenvalue weighted by molar-refractivity contribution is 5.94. The first-order chi connectivity index (χ1) is 11.3. The van der Waals surface area contributed by atoms with E-state index in [1.165, 1.54) is 20.1 Å². The topological polar surface area (TPSA) is 108 Å². The number of benzene rings is 1. The Morgan fingerprint density at radius 3 is 2.38 bits per heavy atom. The Morgan fingerprint density at radius 1 is 1.21 bits per heavy atom. The van der Waals surface area contributed by atoms with Gasteiger partial charge in [0.2, 0.25) is 5.76 Å². The Labute approximate surface area is 138 Å². The molecule has 24 heavy (non-hydrogen) atoms. The fraction of sp³-hybridized carbons (Fsp3) is 0.312. The first-order valence-electron chi connectivity index (χ1n) is 6.80. The molecule has 0 fully saturated rings. The normalized spacial score (nSPS) is 10.8. The van der Waals surface area contributed by atoms with Crippen molar-refractivity contribution in [3.63, 3.8) is 0 Å². The molecular formula is C16H18O8. The molecule has 0 bridgehead atoms. The molecule has 0 aliphatic carbocycles. The van der Waals surface area contributed by atoms with Gasteiger partial charge in [-0.1, -0.05) is 6.07 Å². The summed E-state index contributed by atoms with van der Waals surface area (Å²) in [6.07, 6.45) is 1.000. The summed E-state index contributed by atoms with van der Waals surface area (Å²) in [5.74, 6) is -2.94. The molecule has 1 rings (SSSR count). The van der Waals surface area contributed by atoms with E-state index in [1.807, 2.05) is 0 Å². The van der Waals surface area contributed by atoms with Crippen LogP contribution >= 0.6 is 0 Å². The van der Waals surface area contributed by atoms with Gasteiger partial charge in [0, 0.05) is 6.92 Å². The number of carbonyl (C=O) groups excluding carboxylic acids is 2. The summed E-state index contributed by atoms with van der Waals surface area (Å²) < 4.78 is 19.5. The molecule has 130 valence electrons. The van der Waals surface area contributed by atoms with Crippen molar-refractivity contribution in [2.24, 2.45) is 0 Å². The van der Waals surface area contributed by atoms with Gasteiger partial charge in [-0.2, -0.15) is 0 Å². The minimum atomic E-state index is -1.26. The molecule has 8 nitrogen and oxygen atoms in total. The third-order valence-electron chi connectivity index (χ3n) is 3.02. The van der Waals surface area contributed by atoms with Crippen LogP contribution in [0.5, 0.6) is 5.75 Å². The third kappa shape index (κ3) is 4.73. The summed E-state index contributed by atoms with van der Waals surface area (Å²) in [6, 6.07) is 2.91. The smallest absolute Gasteiger partial charge is 0.377 e. The van der Waals surface area contributed by atoms with E-state index in [-0.39, 0.29) is 23.7 Å². The van der Waals surface area contributed by atoms with Crippen LogP contribution in [0.2, 0.25) is 0 Å². The van der Waals surface area contributed by atoms with E-state index >= 15 is 0 Å². The van der Waals surface area contributed by atoms with Crippen LogP contribution in [-0.2, 0) is 30.4 Å². The van der Waals surface area contributed by atoms with Crippen LogP contribution in [0.25, 0.3) is 0 Å². The van der Waals surface area contributed by atoms with E-state index in [0.29, 0.717) is 11.1 Å². The fourth-order valence-corrected chi connectivity index (χ4v) is 1.86. The zero-order valence-corrected chi connectivity index (χ0v) is 13.7. The fourth-order valence-electron chi connectivity index (χ4n) is 1.86. The molecule has 0 heterocycles. The van der Waals surface area contributed by atoms with Crippen LogP contribution in [0.3, 0.4) is 0 Å². The Morgan fingerprint density at radius 2 is 1.88 bits per heavy atom. The maximum Gasteiger partial charge on any atom is 0.377 e. The van der Waals surface area contributed by atoms with Gasteiger partial charge in [-0.15, -0.1) is 0 Å². The summed E-state index contributed by atoms with van der Waals surface area (Å²) in [7, 11) is 2.46. The number of methoxy groups -OCH3 is 2. The van der Waals surface area contributed by atoms with Crippen molar-refractivity contribution in [1.29, 1.82) is 0 Å². The van der Waals surface area contributed by atoms with E-state index in [2.05, 4.69) is 4.74 Å². The molecule has 0 saturated heterocycles. The number of ether oxygens (including phenoxy) is 4. The number of aromatic carboxylic acids is 1. The predicted molar refractivity (Wildman–Crippen MR) is 81.3 cm³/mol. The van der Waals surface area contributed by atoms with Gasteiger partial charge in [0.15, 0.2) is 0 Å². The lowest BCUT2D eigenvalue weighted by Crippen LogP contribution is -2.14. The first-order valence-corrected chi connectivity index (χ1v) is 6.80. The highest BCUT2D eigenvalue weighted by atomic mass is 16.6. The first kappa shape index (κ1) is 19.0. The number of carbonyl (C=O) groups is 3. The molecule has 0 spiro atoms. The minimum absolute atomic E-state index is 0.0692. The zero-order valence-electron chi connectivity index (χ0n) is 13.7. The van der Waals surface area contributed by atoms with Gasteiger partial charge in [-0.25, -0.2) is 9.59 Å². The van der Waals surface area contributed by atoms with Gasteiger partial charge < -0.3 is 24.1 Å². The molecule has 0 saturated carbocycles. The molecule has 0 aliphatic rings. The molecule has 1 N–H and O–H groups in total. The summed E-state index contributed by atoms with van der Waals surface area (Å²) >= 11 is 0. The van der Waals surface area contributed by atoms with E-state index in [0.717, 1.165) is 13.4 Å². The summed E-state index contributed by atoms with van der Waals surface area (Å²) in [5, 5.41) is 9.43. The molecule has 8 heteroatoms. The Kier molecular flexibility index (Phi) is 6.79. The number of carboxylic acids is 1. The van der Waals surface area contributed by atoms with E-state index < -0.39 is 17.9 Å². The van der Waals surface area contributed by atoms with Gasteiger partial charge in [-0.05, 0) is 24.1 Å². The standard InChI is InChI=1S/C16H18O8/c1-9-11(7-23-10(2)17)5-6-12(14(9)15(18)19)24-13(8-21-3)16(20)22-4/h5-6,8H,7H2,1-4H3,(H,18,19). The monoisotopic (exact) mass is 338 g/mol. The third-order valence-corrected chi connectivity index (χ3v) is 3.02. The van der Waals surface area contributed by atoms with Crippen molar-refractivity contribution in [1.82, 2.24) is 0 Å². The van der Waals surface area contributed by atoms with E-state index in [4.69, 9.17) is 14.2 Å². The van der Waals surface area contributed by atoms with E-state index in [1.54, 1.807) is 13.0 Å². The Balaban J connectivity index is 3.26. The second-order valence-electron chi connectivity index (χ2n) is 4.62. The SMILES string of the molecule is COC=C(Oc1ccc(COC(C)=O)c(C)c1C(=O)O)C(=O)OC. The average molecular weight is 338 g/mol. The van der Waals surface area contributed by atoms with Crippen molar-refractivity contribution in [3.05, 3.63) is 40.8 Å². The maximum absolute atomic E-state index is 11.6. The molecule has 0 amide bonds. The molecule has 0 atom stereocenters. The van der Waals surface area contributed by atoms with Crippen molar-refractivity contribution < 1.29 is 38.4 Å². The lowest BCUT2D eigenvalue weighted by Gasteiger charge is -2.15. The predicted octanol–water partition coefficient (Wildman–Crippen LogP) is 1.80. The molecule has 1 aromatic carbocycles. The second-order valence-corrected chi connectivity index (χ2v) is 4.62. The quantitative estimate of drug-likeness (QED) is 0.455. The molecule has 0 unspecified atom stereocenters. The number of rotatable bonds is 7. The van der Waals surface area contributed by atoms with Crippen LogP contribution in [0, 0.1) is 6.92 Å². The van der Waals surface area contributed by atoms with Gasteiger partial charge in [0.05, 0.1) is 14.2 Å². The Hall–Kier alpha value is -3.03. The lowest BCUT2D eigenvalue weighted by molar-refractivity contribution is -0.142. The average Bonchev–Trinajstić information content (AvgIpc) is 2.52. The largest absolute Gasteiger partial charge is 0.500 e. The number of carboxylic acid groups (broad SMARTS) is 1. The lowest BCUT2D eigenvalue weighted by atomic mass is 10.0. The van der Waals surface area contributed by atoms with Crippen LogP contribution < -0.4 is 4.74 Å². The molecule has 0 aliphatic heterocycles. The van der Waals surface area contributed by atoms with Gasteiger partial charge in [0.1, 0.15) is 24.2 Å². The van der Waals surface area contributed by atoms with Gasteiger partial charge in [-0.3, -0.25) is 4.79 Å². The van der Waals surface area contributed by atoms with Crippen molar-refractivity contribution in [2.75, 3.05) is 14.2 Å². The minimum Gasteiger partial charge on any atom is -0.500 e. The van der Waals surface area contributed by atoms with Crippen molar-refractivity contribution in [2.45, 2.75) is 20.5 Å². The summed E-state index contributed by atoms with van der Waals surface area (Å²) in [5.41, 5.74) is 0.693. The van der Waals surface area contributed by atoms with Crippen molar-refractivity contribution >= 4 is 17.9 Å². The van der Waals surface area contributed by atoms with E-state index in [9.17, 15) is 19.5 Å². The maximum atomic E-state index is 11.6. The number of hydrogen-bond acceptors (Lipinski definition) is 7. The van der Waals surface area contributed by atoms with Gasteiger partial charge in [0.25, 0.3) is 0 Å². The molecule has 1 aromatic rings. The molecule has 0 aromatic heterocycles. The molecular weight excluding hydrogens is 320 g/mol. The highest BCUT2D eigenvalue weighted by Gasteiger charge is 2.22. The van der Waals surface area contributed by atoms with Crippen LogP contribution in [0.4, 0.5) is 0 Å². The zero-order chi connectivity index (χ0) is 18.3. The second kappa shape index (κ2) is 8.56. The van der Waals surface area contributed by atoms with Gasteiger partial charge >= 0.3 is 17.9 Å². The molecule has 0 radical (unpaired) electrons. The highest BCUT2D eigenvalue weighted by Crippen LogP contribution is 2.27. The van der Waals surface area contributed by atoms with Crippen LogP contribution in [0.1, 0.15) is 28.4 Å². The summed E-state index contributed by atoms with van der Waals surface area (Å²) in [6.45, 7) is 2.73. The van der Waals surface area contributed by atoms with Crippen LogP contribution in [0.15, 0.2) is 24.2 Å². The number of hydrogen-bond donors (Lipinski definition) is 1.